The number of nitrogens with one attached hydrogen (secondary N) is 2. The zero-order chi connectivity index (χ0) is 21.3. The topological polar surface area (TPSA) is 82.6 Å². The summed E-state index contributed by atoms with van der Waals surface area (Å²) >= 11 is 0. The van der Waals surface area contributed by atoms with E-state index in [-0.39, 0.29) is 5.91 Å². The zero-order valence-electron chi connectivity index (χ0n) is 17.6. The number of amides is 1. The number of hydrogen-bond donors (Lipinski definition) is 2. The summed E-state index contributed by atoms with van der Waals surface area (Å²) in [7, 11) is 0. The highest BCUT2D eigenvalue weighted by atomic mass is 16.5. The number of ether oxygens (including phenoxy) is 1. The smallest absolute Gasteiger partial charge is 0.289 e. The third-order valence-electron chi connectivity index (χ3n) is 4.66. The van der Waals surface area contributed by atoms with E-state index in [9.17, 15) is 4.79 Å². The highest BCUT2D eigenvalue weighted by Crippen LogP contribution is 2.22. The van der Waals surface area contributed by atoms with E-state index in [1.165, 1.54) is 5.69 Å². The van der Waals surface area contributed by atoms with Crippen LogP contribution in [0.3, 0.4) is 0 Å². The molecule has 0 radical (unpaired) electrons. The SMILES string of the molecule is CCOc1cccc(-c2cc(C(=O)NN=Cc3ccc(N(CC)CC)cc3)[nH]n2)c1. The van der Waals surface area contributed by atoms with Crippen molar-refractivity contribution in [3.63, 3.8) is 0 Å². The molecule has 0 spiro atoms. The standard InChI is InChI=1S/C23H27N5O2/c1-4-28(5-2)19-12-10-17(11-13-19)16-24-27-23(29)22-15-21(25-26-22)18-8-7-9-20(14-18)30-6-3/h7-16H,4-6H2,1-3H3,(H,25,26)(H,27,29). The van der Waals surface area contributed by atoms with Crippen LogP contribution in [0, 0.1) is 0 Å². The van der Waals surface area contributed by atoms with Crippen LogP contribution < -0.4 is 15.1 Å². The maximum absolute atomic E-state index is 12.3. The Morgan fingerprint density at radius 3 is 2.60 bits per heavy atom. The van der Waals surface area contributed by atoms with Crippen molar-refractivity contribution < 1.29 is 9.53 Å². The summed E-state index contributed by atoms with van der Waals surface area (Å²) in [6, 6.07) is 17.3. The fourth-order valence-electron chi connectivity index (χ4n) is 3.08. The first-order chi connectivity index (χ1) is 14.6. The van der Waals surface area contributed by atoms with Crippen molar-refractivity contribution in [1.29, 1.82) is 0 Å². The first-order valence-corrected chi connectivity index (χ1v) is 10.1. The maximum Gasteiger partial charge on any atom is 0.289 e. The number of hydrazone groups is 1. The van der Waals surface area contributed by atoms with Crippen LogP contribution >= 0.6 is 0 Å². The number of carbonyl (C=O) groups is 1. The van der Waals surface area contributed by atoms with Gasteiger partial charge in [-0.3, -0.25) is 9.89 Å². The molecule has 7 nitrogen and oxygen atoms in total. The van der Waals surface area contributed by atoms with Gasteiger partial charge in [0.25, 0.3) is 5.91 Å². The number of aromatic amines is 1. The van der Waals surface area contributed by atoms with Crippen LogP contribution in [-0.4, -0.2) is 42.0 Å². The van der Waals surface area contributed by atoms with Gasteiger partial charge in [-0.25, -0.2) is 5.43 Å². The second kappa shape index (κ2) is 10.2. The second-order valence-electron chi connectivity index (χ2n) is 6.59. The average molecular weight is 406 g/mol. The van der Waals surface area contributed by atoms with E-state index in [0.717, 1.165) is 30.0 Å². The van der Waals surface area contributed by atoms with E-state index in [0.29, 0.717) is 18.0 Å². The molecule has 0 atom stereocenters. The van der Waals surface area contributed by atoms with Crippen LogP contribution in [0.5, 0.6) is 5.75 Å². The molecule has 1 heterocycles. The molecule has 2 aromatic carbocycles. The highest BCUT2D eigenvalue weighted by molar-refractivity contribution is 5.94. The lowest BCUT2D eigenvalue weighted by molar-refractivity contribution is 0.0950. The minimum atomic E-state index is -0.356. The molecule has 0 fully saturated rings. The van der Waals surface area contributed by atoms with Gasteiger partial charge in [-0.05, 0) is 56.7 Å². The zero-order valence-corrected chi connectivity index (χ0v) is 17.6. The Bertz CT molecular complexity index is 991. The summed E-state index contributed by atoms with van der Waals surface area (Å²) in [6.45, 7) is 8.71. The van der Waals surface area contributed by atoms with Crippen LogP contribution in [0.4, 0.5) is 5.69 Å². The molecule has 30 heavy (non-hydrogen) atoms. The number of hydrogen-bond acceptors (Lipinski definition) is 5. The Hall–Kier alpha value is -3.61. The van der Waals surface area contributed by atoms with Gasteiger partial charge in [0, 0.05) is 24.3 Å². The lowest BCUT2D eigenvalue weighted by atomic mass is 10.1. The highest BCUT2D eigenvalue weighted by Gasteiger charge is 2.11. The largest absolute Gasteiger partial charge is 0.494 e. The van der Waals surface area contributed by atoms with E-state index in [1.807, 2.05) is 55.5 Å². The van der Waals surface area contributed by atoms with Crippen molar-refractivity contribution in [3.05, 3.63) is 65.9 Å². The Kier molecular flexibility index (Phi) is 7.21. The predicted octanol–water partition coefficient (Wildman–Crippen LogP) is 4.09. The van der Waals surface area contributed by atoms with E-state index >= 15 is 0 Å². The molecule has 2 N–H and O–H groups in total. The third-order valence-corrected chi connectivity index (χ3v) is 4.66. The average Bonchev–Trinajstić information content (AvgIpc) is 3.27. The number of benzene rings is 2. The first kappa shape index (κ1) is 21.1. The molecule has 0 aliphatic rings. The summed E-state index contributed by atoms with van der Waals surface area (Å²) in [5.74, 6) is 0.409. The van der Waals surface area contributed by atoms with E-state index in [4.69, 9.17) is 4.74 Å². The molecule has 0 aliphatic carbocycles. The van der Waals surface area contributed by atoms with Gasteiger partial charge in [0.1, 0.15) is 11.4 Å². The van der Waals surface area contributed by atoms with Crippen molar-refractivity contribution in [2.75, 3.05) is 24.6 Å². The van der Waals surface area contributed by atoms with E-state index in [2.05, 4.69) is 39.5 Å². The van der Waals surface area contributed by atoms with Crippen LogP contribution in [0.2, 0.25) is 0 Å². The second-order valence-corrected chi connectivity index (χ2v) is 6.59. The van der Waals surface area contributed by atoms with Gasteiger partial charge in [0.15, 0.2) is 0 Å². The van der Waals surface area contributed by atoms with E-state index in [1.54, 1.807) is 12.3 Å². The lowest BCUT2D eigenvalue weighted by Crippen LogP contribution is -2.21. The maximum atomic E-state index is 12.3. The van der Waals surface area contributed by atoms with E-state index < -0.39 is 0 Å². The summed E-state index contributed by atoms with van der Waals surface area (Å²) in [5, 5.41) is 11.0. The summed E-state index contributed by atoms with van der Waals surface area (Å²) < 4.78 is 5.51. The molecule has 1 amide bonds. The third kappa shape index (κ3) is 5.26. The van der Waals surface area contributed by atoms with Crippen molar-refractivity contribution >= 4 is 17.8 Å². The monoisotopic (exact) mass is 405 g/mol. The number of H-pyrrole nitrogens is 1. The molecule has 0 aliphatic heterocycles. The molecule has 1 aromatic heterocycles. The quantitative estimate of drug-likeness (QED) is 0.415. The Morgan fingerprint density at radius 1 is 1.13 bits per heavy atom. The summed E-state index contributed by atoms with van der Waals surface area (Å²) in [4.78, 5) is 14.6. The molecule has 0 unspecified atom stereocenters. The van der Waals surface area contributed by atoms with Crippen molar-refractivity contribution in [3.8, 4) is 17.0 Å². The normalized spacial score (nSPS) is 10.9. The Morgan fingerprint density at radius 2 is 1.90 bits per heavy atom. The number of anilines is 1. The summed E-state index contributed by atoms with van der Waals surface area (Å²) in [5.41, 5.74) is 6.47. The molecule has 0 bridgehead atoms. The number of nitrogens with zero attached hydrogens (tertiary/aromatic N) is 3. The molecule has 0 saturated heterocycles. The van der Waals surface area contributed by atoms with Gasteiger partial charge in [-0.1, -0.05) is 24.3 Å². The number of rotatable bonds is 9. The van der Waals surface area contributed by atoms with Crippen LogP contribution in [0.15, 0.2) is 59.7 Å². The van der Waals surface area contributed by atoms with Gasteiger partial charge in [-0.15, -0.1) is 0 Å². The molecule has 3 rings (SSSR count). The number of carbonyl (C=O) groups excluding carboxylic acids is 1. The van der Waals surface area contributed by atoms with Gasteiger partial charge in [0.05, 0.1) is 18.5 Å². The Labute approximate surface area is 176 Å². The van der Waals surface area contributed by atoms with Crippen LogP contribution in [0.25, 0.3) is 11.3 Å². The number of aromatic nitrogens is 2. The molecular formula is C23H27N5O2. The summed E-state index contributed by atoms with van der Waals surface area (Å²) in [6.07, 6.45) is 1.62. The van der Waals surface area contributed by atoms with Gasteiger partial charge in [-0.2, -0.15) is 10.2 Å². The molecule has 7 heteroatoms. The lowest BCUT2D eigenvalue weighted by Gasteiger charge is -2.20. The first-order valence-electron chi connectivity index (χ1n) is 10.1. The molecule has 3 aromatic rings. The fraction of sp³-hybridized carbons (Fsp3) is 0.261. The fourth-order valence-corrected chi connectivity index (χ4v) is 3.08. The Balaban J connectivity index is 1.61. The van der Waals surface area contributed by atoms with Gasteiger partial charge >= 0.3 is 0 Å². The molecular weight excluding hydrogens is 378 g/mol. The molecule has 0 saturated carbocycles. The molecule has 156 valence electrons. The van der Waals surface area contributed by atoms with Crippen LogP contribution in [-0.2, 0) is 0 Å². The predicted molar refractivity (Wildman–Crippen MR) is 120 cm³/mol. The van der Waals surface area contributed by atoms with Crippen LogP contribution in [0.1, 0.15) is 36.8 Å². The van der Waals surface area contributed by atoms with Crippen molar-refractivity contribution in [1.82, 2.24) is 15.6 Å². The van der Waals surface area contributed by atoms with Gasteiger partial charge < -0.3 is 9.64 Å². The van der Waals surface area contributed by atoms with Crippen molar-refractivity contribution in [2.45, 2.75) is 20.8 Å². The van der Waals surface area contributed by atoms with Crippen molar-refractivity contribution in [2.24, 2.45) is 5.10 Å². The minimum absolute atomic E-state index is 0.334. The minimum Gasteiger partial charge on any atom is -0.494 e. The van der Waals surface area contributed by atoms with Gasteiger partial charge in [0.2, 0.25) is 0 Å².